The van der Waals surface area contributed by atoms with Crippen molar-refractivity contribution in [1.82, 2.24) is 4.98 Å². The highest BCUT2D eigenvalue weighted by Crippen LogP contribution is 2.18. The predicted octanol–water partition coefficient (Wildman–Crippen LogP) is 2.50. The van der Waals surface area contributed by atoms with E-state index in [1.54, 1.807) is 19.1 Å². The summed E-state index contributed by atoms with van der Waals surface area (Å²) < 4.78 is 25.3. The van der Waals surface area contributed by atoms with Gasteiger partial charge in [0.05, 0.1) is 29.2 Å². The highest BCUT2D eigenvalue weighted by Gasteiger charge is 2.10. The van der Waals surface area contributed by atoms with E-state index in [1.165, 1.54) is 13.4 Å². The van der Waals surface area contributed by atoms with Crippen LogP contribution in [0, 0.1) is 0 Å². The molecule has 0 radical (unpaired) electrons. The van der Waals surface area contributed by atoms with Crippen molar-refractivity contribution in [3.05, 3.63) is 22.8 Å². The lowest BCUT2D eigenvalue weighted by Crippen LogP contribution is -2.07. The summed E-state index contributed by atoms with van der Waals surface area (Å²) in [6.45, 7) is 1.84. The maximum absolute atomic E-state index is 12.2. The second-order valence-corrected chi connectivity index (χ2v) is 6.51. The van der Waals surface area contributed by atoms with Gasteiger partial charge in [0, 0.05) is 12.3 Å². The number of rotatable bonds is 4. The average Bonchev–Trinajstić information content (AvgIpc) is 2.26. The van der Waals surface area contributed by atoms with Gasteiger partial charge >= 0.3 is 6.09 Å². The van der Waals surface area contributed by atoms with Gasteiger partial charge in [-0.05, 0) is 18.6 Å². The Bertz CT molecular complexity index is 582. The molecule has 0 spiro atoms. The normalized spacial score (nSPS) is 13.5. The highest BCUT2D eigenvalue weighted by atomic mass is 35.5. The van der Waals surface area contributed by atoms with Crippen LogP contribution in [0.3, 0.4) is 0 Å². The van der Waals surface area contributed by atoms with Crippen LogP contribution in [0.1, 0.15) is 12.5 Å². The molecule has 1 heterocycles. The molecule has 1 unspecified atom stereocenters. The van der Waals surface area contributed by atoms with Crippen LogP contribution in [0.25, 0.3) is 0 Å². The summed E-state index contributed by atoms with van der Waals surface area (Å²) in [6.07, 6.45) is 0.548. The third-order valence-electron chi connectivity index (χ3n) is 2.01. The Labute approximate surface area is 117 Å². The number of hydrogen-bond donors (Lipinski definition) is 0. The Hall–Kier alpha value is -1.34. The minimum Gasteiger partial charge on any atom is -0.481 e. The monoisotopic (exact) mass is 306 g/mol. The van der Waals surface area contributed by atoms with E-state index in [0.717, 1.165) is 0 Å². The van der Waals surface area contributed by atoms with E-state index in [0.29, 0.717) is 11.4 Å². The SMILES string of the molecule is CCOC(=O)N=S(C)(=O)Cc1cc(Cl)nc(OC)c1. The maximum Gasteiger partial charge on any atom is 0.441 e. The van der Waals surface area contributed by atoms with Crippen molar-refractivity contribution in [1.29, 1.82) is 0 Å². The summed E-state index contributed by atoms with van der Waals surface area (Å²) in [4.78, 5) is 15.1. The number of aromatic nitrogens is 1. The van der Waals surface area contributed by atoms with Crippen LogP contribution >= 0.6 is 11.6 Å². The van der Waals surface area contributed by atoms with Crippen molar-refractivity contribution < 1.29 is 18.5 Å². The second kappa shape index (κ2) is 6.72. The molecule has 19 heavy (non-hydrogen) atoms. The lowest BCUT2D eigenvalue weighted by molar-refractivity contribution is 0.164. The Morgan fingerprint density at radius 1 is 1.53 bits per heavy atom. The number of nitrogens with zero attached hydrogens (tertiary/aromatic N) is 2. The largest absolute Gasteiger partial charge is 0.481 e. The Balaban J connectivity index is 2.98. The van der Waals surface area contributed by atoms with E-state index in [1.807, 2.05) is 0 Å². The van der Waals surface area contributed by atoms with E-state index in [2.05, 4.69) is 14.1 Å². The molecule has 0 saturated heterocycles. The van der Waals surface area contributed by atoms with E-state index in [4.69, 9.17) is 16.3 Å². The Kier molecular flexibility index (Phi) is 5.56. The number of amides is 1. The molecule has 0 bridgehead atoms. The smallest absolute Gasteiger partial charge is 0.441 e. The quantitative estimate of drug-likeness (QED) is 0.799. The summed E-state index contributed by atoms with van der Waals surface area (Å²) in [7, 11) is -1.29. The molecule has 1 rings (SSSR count). The van der Waals surface area contributed by atoms with Crippen LogP contribution in [-0.4, -0.2) is 35.3 Å². The summed E-state index contributed by atoms with van der Waals surface area (Å²) in [6, 6.07) is 3.14. The predicted molar refractivity (Wildman–Crippen MR) is 73.0 cm³/mol. The van der Waals surface area contributed by atoms with E-state index in [9.17, 15) is 9.00 Å². The second-order valence-electron chi connectivity index (χ2n) is 3.73. The van der Waals surface area contributed by atoms with Gasteiger partial charge in [-0.3, -0.25) is 0 Å². The molecular formula is C11H15ClN2O4S. The fourth-order valence-corrected chi connectivity index (χ4v) is 2.80. The lowest BCUT2D eigenvalue weighted by atomic mass is 10.3. The molecule has 1 atom stereocenters. The van der Waals surface area contributed by atoms with Gasteiger partial charge in [0.15, 0.2) is 0 Å². The first-order chi connectivity index (χ1) is 8.86. The van der Waals surface area contributed by atoms with Crippen LogP contribution in [0.15, 0.2) is 16.5 Å². The molecule has 106 valence electrons. The third kappa shape index (κ3) is 5.44. The summed E-state index contributed by atoms with van der Waals surface area (Å²) in [5.41, 5.74) is 0.623. The van der Waals surface area contributed by atoms with Crippen LogP contribution in [0.5, 0.6) is 5.88 Å². The number of carbonyl (C=O) groups is 1. The van der Waals surface area contributed by atoms with Crippen LogP contribution in [0.2, 0.25) is 5.15 Å². The topological polar surface area (TPSA) is 77.9 Å². The van der Waals surface area contributed by atoms with Gasteiger partial charge in [0.2, 0.25) is 5.88 Å². The van der Waals surface area contributed by atoms with Crippen molar-refractivity contribution in [3.63, 3.8) is 0 Å². The third-order valence-corrected chi connectivity index (χ3v) is 3.61. The molecule has 0 fully saturated rings. The van der Waals surface area contributed by atoms with Crippen molar-refractivity contribution in [2.45, 2.75) is 12.7 Å². The molecule has 0 aliphatic carbocycles. The molecule has 0 aliphatic rings. The average molecular weight is 307 g/mol. The zero-order valence-corrected chi connectivity index (χ0v) is 12.5. The van der Waals surface area contributed by atoms with Gasteiger partial charge in [0.1, 0.15) is 5.15 Å². The first-order valence-corrected chi connectivity index (χ1v) is 7.90. The first-order valence-electron chi connectivity index (χ1n) is 5.43. The van der Waals surface area contributed by atoms with E-state index in [-0.39, 0.29) is 17.5 Å². The fourth-order valence-electron chi connectivity index (χ4n) is 1.36. The van der Waals surface area contributed by atoms with Gasteiger partial charge in [-0.15, -0.1) is 4.36 Å². The van der Waals surface area contributed by atoms with E-state index < -0.39 is 15.8 Å². The number of hydrogen-bond acceptors (Lipinski definition) is 5. The summed E-state index contributed by atoms with van der Waals surface area (Å²) >= 11 is 5.81. The number of pyridine rings is 1. The molecule has 1 amide bonds. The fraction of sp³-hybridized carbons (Fsp3) is 0.455. The maximum atomic E-state index is 12.2. The van der Waals surface area contributed by atoms with Crippen LogP contribution in [-0.2, 0) is 20.2 Å². The summed E-state index contributed by atoms with van der Waals surface area (Å²) in [5.74, 6) is 0.374. The van der Waals surface area contributed by atoms with E-state index >= 15 is 0 Å². The molecule has 0 aromatic carbocycles. The molecule has 0 aliphatic heterocycles. The zero-order chi connectivity index (χ0) is 14.5. The number of methoxy groups -OCH3 is 1. The molecule has 8 heteroatoms. The van der Waals surface area contributed by atoms with Gasteiger partial charge in [-0.2, -0.15) is 0 Å². The molecule has 6 nitrogen and oxygen atoms in total. The van der Waals surface area contributed by atoms with Gasteiger partial charge < -0.3 is 9.47 Å². The Morgan fingerprint density at radius 2 is 2.21 bits per heavy atom. The lowest BCUT2D eigenvalue weighted by Gasteiger charge is -2.06. The number of halogens is 1. The summed E-state index contributed by atoms with van der Waals surface area (Å²) in [5, 5.41) is 0.223. The Morgan fingerprint density at radius 3 is 2.79 bits per heavy atom. The molecule has 0 saturated carbocycles. The molecule has 0 N–H and O–H groups in total. The van der Waals surface area contributed by atoms with Crippen molar-refractivity contribution in [2.75, 3.05) is 20.0 Å². The minimum absolute atomic E-state index is 0.0599. The van der Waals surface area contributed by atoms with Crippen molar-refractivity contribution in [2.24, 2.45) is 4.36 Å². The molecule has 1 aromatic rings. The minimum atomic E-state index is -2.74. The molecule has 1 aromatic heterocycles. The van der Waals surface area contributed by atoms with Gasteiger partial charge in [-0.1, -0.05) is 11.6 Å². The molecular weight excluding hydrogens is 292 g/mol. The van der Waals surface area contributed by atoms with Crippen molar-refractivity contribution >= 4 is 27.4 Å². The number of carbonyl (C=O) groups excluding carboxylic acids is 1. The highest BCUT2D eigenvalue weighted by molar-refractivity contribution is 7.92. The number of ether oxygens (including phenoxy) is 2. The van der Waals surface area contributed by atoms with Gasteiger partial charge in [0.25, 0.3) is 0 Å². The van der Waals surface area contributed by atoms with Crippen LogP contribution < -0.4 is 4.74 Å². The van der Waals surface area contributed by atoms with Crippen molar-refractivity contribution in [3.8, 4) is 5.88 Å². The van der Waals surface area contributed by atoms with Crippen LogP contribution in [0.4, 0.5) is 4.79 Å². The van der Waals surface area contributed by atoms with Gasteiger partial charge in [-0.25, -0.2) is 14.0 Å². The zero-order valence-electron chi connectivity index (χ0n) is 10.9. The standard InChI is InChI=1S/C11H15ClN2O4S/c1-4-18-11(15)14-19(3,16)7-8-5-9(12)13-10(6-8)17-2/h5-6H,4,7H2,1-3H3. The first kappa shape index (κ1) is 15.7.